The first-order valence-corrected chi connectivity index (χ1v) is 10.7. The zero-order chi connectivity index (χ0) is 21.2. The summed E-state index contributed by atoms with van der Waals surface area (Å²) in [7, 11) is 0. The maximum Gasteiger partial charge on any atom is 0.273 e. The van der Waals surface area contributed by atoms with Gasteiger partial charge in [-0.2, -0.15) is 0 Å². The van der Waals surface area contributed by atoms with Gasteiger partial charge in [0.05, 0.1) is 16.5 Å². The van der Waals surface area contributed by atoms with Gasteiger partial charge in [-0.15, -0.1) is 0 Å². The van der Waals surface area contributed by atoms with Crippen molar-refractivity contribution in [2.45, 2.75) is 19.1 Å². The van der Waals surface area contributed by atoms with Crippen molar-refractivity contribution in [3.05, 3.63) is 67.0 Å². The van der Waals surface area contributed by atoms with E-state index in [1.165, 1.54) is 23.5 Å². The van der Waals surface area contributed by atoms with Gasteiger partial charge in [0, 0.05) is 25.5 Å². The molecule has 4 aromatic rings. The highest BCUT2D eigenvalue weighted by molar-refractivity contribution is 7.22. The molecule has 1 aliphatic heterocycles. The van der Waals surface area contributed by atoms with Gasteiger partial charge >= 0.3 is 0 Å². The minimum Gasteiger partial charge on any atom is -0.485 e. The average Bonchev–Trinajstić information content (AvgIpc) is 3.45. The van der Waals surface area contributed by atoms with Gasteiger partial charge in [0.25, 0.3) is 5.91 Å². The molecule has 0 radical (unpaired) electrons. The van der Waals surface area contributed by atoms with Gasteiger partial charge in [-0.25, -0.2) is 14.4 Å². The van der Waals surface area contributed by atoms with Crippen LogP contribution in [0.25, 0.3) is 10.2 Å². The van der Waals surface area contributed by atoms with E-state index >= 15 is 0 Å². The van der Waals surface area contributed by atoms with E-state index in [0.717, 1.165) is 0 Å². The number of aryl methyl sites for hydroxylation is 1. The van der Waals surface area contributed by atoms with Crippen molar-refractivity contribution in [1.82, 2.24) is 14.5 Å². The molecule has 1 atom stereocenters. The van der Waals surface area contributed by atoms with Gasteiger partial charge in [-0.1, -0.05) is 23.5 Å². The van der Waals surface area contributed by atoms with Gasteiger partial charge in [0.1, 0.15) is 12.4 Å². The first kappa shape index (κ1) is 19.5. The largest absolute Gasteiger partial charge is 0.485 e. The number of hydrogen-bond donors (Lipinski definition) is 0. The molecule has 3 heterocycles. The van der Waals surface area contributed by atoms with Crippen molar-refractivity contribution < 1.29 is 18.7 Å². The van der Waals surface area contributed by atoms with Crippen LogP contribution in [-0.2, 0) is 11.3 Å². The number of carbonyl (C=O) groups is 1. The standard InChI is InChI=1S/C22H19FN4O3S/c23-15-6-7-16-20(12-15)31-22(25-16)27(10-3-9-26-11-8-24-14-26)21(28)19-13-29-17-4-1-2-5-18(17)30-19/h1-2,4-8,11-12,14,19H,3,9-10,13H2. The van der Waals surface area contributed by atoms with Crippen LogP contribution in [0, 0.1) is 5.82 Å². The van der Waals surface area contributed by atoms with Crippen LogP contribution in [0.15, 0.2) is 61.2 Å². The van der Waals surface area contributed by atoms with Crippen molar-refractivity contribution in [1.29, 1.82) is 0 Å². The van der Waals surface area contributed by atoms with E-state index < -0.39 is 6.10 Å². The molecule has 0 saturated heterocycles. The molecule has 1 amide bonds. The van der Waals surface area contributed by atoms with Crippen molar-refractivity contribution >= 4 is 32.6 Å². The zero-order valence-electron chi connectivity index (χ0n) is 16.5. The second kappa shape index (κ2) is 8.35. The normalized spacial score (nSPS) is 15.2. The average molecular weight is 438 g/mol. The molecule has 0 fully saturated rings. The van der Waals surface area contributed by atoms with E-state index in [1.54, 1.807) is 35.6 Å². The highest BCUT2D eigenvalue weighted by Crippen LogP contribution is 2.33. The Morgan fingerprint density at radius 3 is 2.97 bits per heavy atom. The molecule has 1 unspecified atom stereocenters. The Hall–Kier alpha value is -3.46. The second-order valence-corrected chi connectivity index (χ2v) is 8.13. The SMILES string of the molecule is O=C(C1COc2ccccc2O1)N(CCCn1ccnc1)c1nc2ccc(F)cc2s1. The van der Waals surface area contributed by atoms with Crippen LogP contribution in [0.3, 0.4) is 0 Å². The van der Waals surface area contributed by atoms with Gasteiger partial charge in [0.15, 0.2) is 16.6 Å². The van der Waals surface area contributed by atoms with Crippen molar-refractivity contribution in [3.63, 3.8) is 0 Å². The number of nitrogens with zero attached hydrogens (tertiary/aromatic N) is 4. The molecule has 9 heteroatoms. The molecule has 2 aromatic carbocycles. The number of para-hydroxylation sites is 2. The molecule has 5 rings (SSSR count). The highest BCUT2D eigenvalue weighted by atomic mass is 32.1. The Balaban J connectivity index is 1.40. The number of ether oxygens (including phenoxy) is 2. The summed E-state index contributed by atoms with van der Waals surface area (Å²) in [6, 6.07) is 11.7. The Labute approximate surface area is 181 Å². The molecule has 1 aliphatic rings. The molecule has 0 N–H and O–H groups in total. The third-order valence-corrected chi connectivity index (χ3v) is 6.02. The molecule has 0 spiro atoms. The van der Waals surface area contributed by atoms with Gasteiger partial charge in [-0.05, 0) is 36.8 Å². The lowest BCUT2D eigenvalue weighted by molar-refractivity contribution is -0.127. The summed E-state index contributed by atoms with van der Waals surface area (Å²) in [6.07, 6.45) is 5.24. The Kier molecular flexibility index (Phi) is 5.25. The van der Waals surface area contributed by atoms with Crippen molar-refractivity contribution in [2.75, 3.05) is 18.1 Å². The third-order valence-electron chi connectivity index (χ3n) is 4.98. The fourth-order valence-electron chi connectivity index (χ4n) is 3.45. The zero-order valence-corrected chi connectivity index (χ0v) is 17.3. The van der Waals surface area contributed by atoms with E-state index in [1.807, 2.05) is 22.9 Å². The van der Waals surface area contributed by atoms with E-state index in [0.29, 0.717) is 46.4 Å². The fraction of sp³-hybridized carbons (Fsp3) is 0.227. The number of imidazole rings is 1. The number of halogens is 1. The number of carbonyl (C=O) groups excluding carboxylic acids is 1. The van der Waals surface area contributed by atoms with E-state index in [9.17, 15) is 9.18 Å². The van der Waals surface area contributed by atoms with Crippen LogP contribution in [0.5, 0.6) is 11.5 Å². The van der Waals surface area contributed by atoms with Crippen LogP contribution in [0.2, 0.25) is 0 Å². The number of rotatable bonds is 6. The summed E-state index contributed by atoms with van der Waals surface area (Å²) in [6.45, 7) is 1.25. The number of thiazole rings is 1. The molecule has 31 heavy (non-hydrogen) atoms. The van der Waals surface area contributed by atoms with Crippen molar-refractivity contribution in [2.24, 2.45) is 0 Å². The Morgan fingerprint density at radius 2 is 2.13 bits per heavy atom. The summed E-state index contributed by atoms with van der Waals surface area (Å²) < 4.78 is 27.9. The minimum absolute atomic E-state index is 0.118. The van der Waals surface area contributed by atoms with Crippen molar-refractivity contribution in [3.8, 4) is 11.5 Å². The van der Waals surface area contributed by atoms with E-state index in [-0.39, 0.29) is 18.3 Å². The van der Waals surface area contributed by atoms with Crippen LogP contribution in [0.4, 0.5) is 9.52 Å². The summed E-state index contributed by atoms with van der Waals surface area (Å²) in [5, 5.41) is 0.513. The number of anilines is 1. The lowest BCUT2D eigenvalue weighted by Crippen LogP contribution is -2.47. The van der Waals surface area contributed by atoms with Crippen LogP contribution < -0.4 is 14.4 Å². The Bertz CT molecular complexity index is 1210. The molecule has 2 aromatic heterocycles. The molecular weight excluding hydrogens is 419 g/mol. The van der Waals surface area contributed by atoms with Crippen LogP contribution >= 0.6 is 11.3 Å². The summed E-state index contributed by atoms with van der Waals surface area (Å²) >= 11 is 1.28. The Morgan fingerprint density at radius 1 is 1.26 bits per heavy atom. The smallest absolute Gasteiger partial charge is 0.273 e. The lowest BCUT2D eigenvalue weighted by Gasteiger charge is -2.29. The van der Waals surface area contributed by atoms with Crippen LogP contribution in [-0.4, -0.2) is 39.7 Å². The molecule has 0 aliphatic carbocycles. The highest BCUT2D eigenvalue weighted by Gasteiger charge is 2.33. The monoisotopic (exact) mass is 438 g/mol. The van der Waals surface area contributed by atoms with Gasteiger partial charge < -0.3 is 14.0 Å². The van der Waals surface area contributed by atoms with E-state index in [4.69, 9.17) is 9.47 Å². The maximum atomic E-state index is 13.6. The molecule has 0 bridgehead atoms. The predicted molar refractivity (Wildman–Crippen MR) is 115 cm³/mol. The molecule has 7 nitrogen and oxygen atoms in total. The molecular formula is C22H19FN4O3S. The quantitative estimate of drug-likeness (QED) is 0.457. The lowest BCUT2D eigenvalue weighted by atomic mass is 10.2. The topological polar surface area (TPSA) is 69.5 Å². The van der Waals surface area contributed by atoms with E-state index in [2.05, 4.69) is 9.97 Å². The first-order valence-electron chi connectivity index (χ1n) is 9.89. The number of benzene rings is 2. The third kappa shape index (κ3) is 4.09. The molecule has 0 saturated carbocycles. The summed E-state index contributed by atoms with van der Waals surface area (Å²) in [4.78, 5) is 23.7. The van der Waals surface area contributed by atoms with Crippen LogP contribution in [0.1, 0.15) is 6.42 Å². The number of amides is 1. The summed E-state index contributed by atoms with van der Waals surface area (Å²) in [5.41, 5.74) is 0.653. The van der Waals surface area contributed by atoms with Gasteiger partial charge in [-0.3, -0.25) is 9.69 Å². The maximum absolute atomic E-state index is 13.6. The van der Waals surface area contributed by atoms with Gasteiger partial charge in [0.2, 0.25) is 6.10 Å². The number of hydrogen-bond acceptors (Lipinski definition) is 6. The second-order valence-electron chi connectivity index (χ2n) is 7.12. The summed E-state index contributed by atoms with van der Waals surface area (Å²) in [5.74, 6) is 0.589. The number of aromatic nitrogens is 3. The fourth-order valence-corrected chi connectivity index (χ4v) is 4.47. The first-order chi connectivity index (χ1) is 15.2. The minimum atomic E-state index is -0.785. The predicted octanol–water partition coefficient (Wildman–Crippen LogP) is 3.90. The number of fused-ring (bicyclic) bond motifs is 2. The molecule has 158 valence electrons.